The molecule has 0 aromatic carbocycles. The molecule has 1 saturated heterocycles. The van der Waals surface area contributed by atoms with Crippen LogP contribution in [0.1, 0.15) is 49.2 Å². The largest absolute Gasteiger partial charge is 0.381 e. The summed E-state index contributed by atoms with van der Waals surface area (Å²) in [5.41, 5.74) is 1.32. The number of ether oxygens (including phenoxy) is 1. The lowest BCUT2D eigenvalue weighted by molar-refractivity contribution is 0.0685. The third-order valence-corrected chi connectivity index (χ3v) is 5.84. The van der Waals surface area contributed by atoms with Gasteiger partial charge in [-0.3, -0.25) is 0 Å². The fraction of sp³-hybridized carbons (Fsp3) is 0.812. The summed E-state index contributed by atoms with van der Waals surface area (Å²) in [6.07, 6.45) is 6.11. The first-order valence-corrected chi connectivity index (χ1v) is 9.11. The number of hydrogen-bond acceptors (Lipinski definition) is 5. The number of nitrogens with one attached hydrogen (secondary N) is 1. The molecule has 1 aliphatic carbocycles. The van der Waals surface area contributed by atoms with Gasteiger partial charge in [-0.15, -0.1) is 11.3 Å². The summed E-state index contributed by atoms with van der Waals surface area (Å²) >= 11 is 1.91. The van der Waals surface area contributed by atoms with E-state index in [4.69, 9.17) is 9.72 Å². The van der Waals surface area contributed by atoms with Crippen LogP contribution in [0.5, 0.6) is 0 Å². The monoisotopic (exact) mass is 309 g/mol. The van der Waals surface area contributed by atoms with Crippen molar-refractivity contribution in [1.82, 2.24) is 10.3 Å². The van der Waals surface area contributed by atoms with Crippen LogP contribution in [-0.4, -0.2) is 38.3 Å². The molecule has 0 saturated carbocycles. The van der Waals surface area contributed by atoms with Gasteiger partial charge >= 0.3 is 0 Å². The van der Waals surface area contributed by atoms with E-state index in [0.717, 1.165) is 32.2 Å². The van der Waals surface area contributed by atoms with Crippen molar-refractivity contribution in [2.45, 2.75) is 45.1 Å². The smallest absolute Gasteiger partial charge is 0.185 e. The van der Waals surface area contributed by atoms with Crippen LogP contribution in [0.3, 0.4) is 0 Å². The standard InChI is InChI=1S/C16H27N3OS/c1-3-17-13-5-4-6-14-15(13)18-16(21-14)19(2)11-12-7-9-20-10-8-12/h12-13,17H,3-11H2,1-2H3. The molecule has 0 spiro atoms. The zero-order chi connectivity index (χ0) is 14.7. The molecule has 5 heteroatoms. The third kappa shape index (κ3) is 3.58. The number of rotatable bonds is 5. The summed E-state index contributed by atoms with van der Waals surface area (Å²) in [6.45, 7) is 6.17. The normalized spacial score (nSPS) is 23.0. The quantitative estimate of drug-likeness (QED) is 0.907. The van der Waals surface area contributed by atoms with Crippen LogP contribution in [0.4, 0.5) is 5.13 Å². The molecule has 1 unspecified atom stereocenters. The van der Waals surface area contributed by atoms with E-state index in [-0.39, 0.29) is 0 Å². The predicted octanol–water partition coefficient (Wildman–Crippen LogP) is 2.99. The van der Waals surface area contributed by atoms with Crippen molar-refractivity contribution in [2.24, 2.45) is 5.92 Å². The van der Waals surface area contributed by atoms with E-state index in [0.29, 0.717) is 6.04 Å². The third-order valence-electron chi connectivity index (χ3n) is 4.59. The van der Waals surface area contributed by atoms with Gasteiger partial charge < -0.3 is 15.0 Å². The van der Waals surface area contributed by atoms with Crippen molar-refractivity contribution in [2.75, 3.05) is 38.3 Å². The van der Waals surface area contributed by atoms with Crippen molar-refractivity contribution in [3.63, 3.8) is 0 Å². The van der Waals surface area contributed by atoms with E-state index in [2.05, 4.69) is 24.2 Å². The molecule has 3 rings (SSSR count). The molecule has 118 valence electrons. The molecule has 1 aromatic rings. The molecule has 2 heterocycles. The molecule has 0 radical (unpaired) electrons. The van der Waals surface area contributed by atoms with Gasteiger partial charge in [0.25, 0.3) is 0 Å². The lowest BCUT2D eigenvalue weighted by Crippen LogP contribution is -2.29. The summed E-state index contributed by atoms with van der Waals surface area (Å²) in [5.74, 6) is 0.759. The summed E-state index contributed by atoms with van der Waals surface area (Å²) < 4.78 is 5.45. The van der Waals surface area contributed by atoms with Crippen molar-refractivity contribution in [3.05, 3.63) is 10.6 Å². The maximum absolute atomic E-state index is 5.45. The van der Waals surface area contributed by atoms with Crippen LogP contribution in [0.15, 0.2) is 0 Å². The number of thiazole rings is 1. The second-order valence-corrected chi connectivity index (χ2v) is 7.31. The van der Waals surface area contributed by atoms with Crippen molar-refractivity contribution < 1.29 is 4.74 Å². The van der Waals surface area contributed by atoms with Crippen LogP contribution in [-0.2, 0) is 11.2 Å². The number of aromatic nitrogens is 1. The molecular formula is C16H27N3OS. The number of aryl methyl sites for hydroxylation is 1. The van der Waals surface area contributed by atoms with Gasteiger partial charge in [0.05, 0.1) is 11.7 Å². The van der Waals surface area contributed by atoms with Crippen molar-refractivity contribution in [3.8, 4) is 0 Å². The molecule has 0 amide bonds. The maximum Gasteiger partial charge on any atom is 0.185 e. The minimum absolute atomic E-state index is 0.472. The van der Waals surface area contributed by atoms with Crippen LogP contribution < -0.4 is 10.2 Å². The van der Waals surface area contributed by atoms with E-state index in [1.165, 1.54) is 47.8 Å². The highest BCUT2D eigenvalue weighted by Gasteiger charge is 2.25. The molecular weight excluding hydrogens is 282 g/mol. The molecule has 1 aliphatic heterocycles. The van der Waals surface area contributed by atoms with Gasteiger partial charge in [0.15, 0.2) is 5.13 Å². The summed E-state index contributed by atoms with van der Waals surface area (Å²) in [5, 5.41) is 4.79. The lowest BCUT2D eigenvalue weighted by Gasteiger charge is -2.26. The zero-order valence-electron chi connectivity index (χ0n) is 13.2. The van der Waals surface area contributed by atoms with Gasteiger partial charge in [0.1, 0.15) is 0 Å². The van der Waals surface area contributed by atoms with Gasteiger partial charge in [0.2, 0.25) is 0 Å². The summed E-state index contributed by atoms with van der Waals surface area (Å²) in [4.78, 5) is 8.83. The van der Waals surface area contributed by atoms with E-state index < -0.39 is 0 Å². The van der Waals surface area contributed by atoms with Gasteiger partial charge in [-0.25, -0.2) is 4.98 Å². The average Bonchev–Trinajstić information content (AvgIpc) is 2.94. The molecule has 1 aromatic heterocycles. The summed E-state index contributed by atoms with van der Waals surface area (Å²) in [7, 11) is 2.20. The number of anilines is 1. The second-order valence-electron chi connectivity index (χ2n) is 6.24. The Morgan fingerprint density at radius 1 is 1.33 bits per heavy atom. The van der Waals surface area contributed by atoms with E-state index in [9.17, 15) is 0 Å². The minimum atomic E-state index is 0.472. The van der Waals surface area contributed by atoms with E-state index in [1.54, 1.807) is 0 Å². The Labute approximate surface area is 131 Å². The zero-order valence-corrected chi connectivity index (χ0v) is 14.0. The Morgan fingerprint density at radius 2 is 2.14 bits per heavy atom. The fourth-order valence-corrected chi connectivity index (χ4v) is 4.54. The van der Waals surface area contributed by atoms with E-state index >= 15 is 0 Å². The average molecular weight is 309 g/mol. The molecule has 1 atom stereocenters. The SMILES string of the molecule is CCNC1CCCc2sc(N(C)CC3CCOCC3)nc21. The Balaban J connectivity index is 1.67. The number of nitrogens with zero attached hydrogens (tertiary/aromatic N) is 2. The van der Waals surface area contributed by atoms with Gasteiger partial charge in [0, 0.05) is 31.7 Å². The Morgan fingerprint density at radius 3 is 2.90 bits per heavy atom. The Kier molecular flexibility index (Phi) is 5.14. The molecule has 1 fully saturated rings. The van der Waals surface area contributed by atoms with Gasteiger partial charge in [-0.2, -0.15) is 0 Å². The number of hydrogen-bond donors (Lipinski definition) is 1. The Hall–Kier alpha value is -0.650. The van der Waals surface area contributed by atoms with Gasteiger partial charge in [-0.05, 0) is 44.6 Å². The first kappa shape index (κ1) is 15.3. The molecule has 4 nitrogen and oxygen atoms in total. The molecule has 0 bridgehead atoms. The lowest BCUT2D eigenvalue weighted by atomic mass is 9.98. The second kappa shape index (κ2) is 7.07. The molecule has 1 N–H and O–H groups in total. The highest BCUT2D eigenvalue weighted by Crippen LogP contribution is 2.36. The minimum Gasteiger partial charge on any atom is -0.381 e. The van der Waals surface area contributed by atoms with Crippen LogP contribution >= 0.6 is 11.3 Å². The first-order valence-electron chi connectivity index (χ1n) is 8.29. The highest BCUT2D eigenvalue weighted by molar-refractivity contribution is 7.15. The van der Waals surface area contributed by atoms with Crippen molar-refractivity contribution >= 4 is 16.5 Å². The van der Waals surface area contributed by atoms with Crippen LogP contribution in [0.25, 0.3) is 0 Å². The topological polar surface area (TPSA) is 37.4 Å². The predicted molar refractivity (Wildman–Crippen MR) is 88.3 cm³/mol. The van der Waals surface area contributed by atoms with E-state index in [1.807, 2.05) is 11.3 Å². The highest BCUT2D eigenvalue weighted by atomic mass is 32.1. The molecule has 21 heavy (non-hydrogen) atoms. The van der Waals surface area contributed by atoms with Crippen LogP contribution in [0, 0.1) is 5.92 Å². The summed E-state index contributed by atoms with van der Waals surface area (Å²) in [6, 6.07) is 0.472. The Bertz CT molecular complexity index is 456. The maximum atomic E-state index is 5.45. The molecule has 2 aliphatic rings. The van der Waals surface area contributed by atoms with Crippen molar-refractivity contribution in [1.29, 1.82) is 0 Å². The fourth-order valence-electron chi connectivity index (χ4n) is 3.41. The number of fused-ring (bicyclic) bond motifs is 1. The first-order chi connectivity index (χ1) is 10.3. The van der Waals surface area contributed by atoms with Crippen LogP contribution in [0.2, 0.25) is 0 Å². The van der Waals surface area contributed by atoms with Gasteiger partial charge in [-0.1, -0.05) is 6.92 Å².